The van der Waals surface area contributed by atoms with Crippen molar-refractivity contribution in [2.45, 2.75) is 19.4 Å². The van der Waals surface area contributed by atoms with Crippen LogP contribution in [0, 0.1) is 6.92 Å². The molecule has 8 heteroatoms. The van der Waals surface area contributed by atoms with Crippen molar-refractivity contribution in [2.24, 2.45) is 0 Å². The zero-order chi connectivity index (χ0) is 20.6. The minimum atomic E-state index is -2.45. The van der Waals surface area contributed by atoms with Crippen LogP contribution in [-0.4, -0.2) is 34.3 Å². The molecule has 29 heavy (non-hydrogen) atoms. The van der Waals surface area contributed by atoms with Gasteiger partial charge in [-0.3, -0.25) is 0 Å². The molecule has 1 aliphatic rings. The molecule has 0 bridgehead atoms. The molecule has 0 spiro atoms. The molecule has 1 aromatic carbocycles. The van der Waals surface area contributed by atoms with Gasteiger partial charge in [0.1, 0.15) is 12.2 Å². The number of H-pyrrole nitrogens is 1. The summed E-state index contributed by atoms with van der Waals surface area (Å²) in [4.78, 5) is 12.2. The molecule has 0 saturated carbocycles. The molecule has 0 amide bonds. The minimum Gasteiger partial charge on any atom is -0.359 e. The van der Waals surface area contributed by atoms with E-state index in [-0.39, 0.29) is 6.04 Å². The van der Waals surface area contributed by atoms with Crippen LogP contribution in [-0.2, 0) is 4.57 Å². The first-order valence-corrected chi connectivity index (χ1v) is 12.4. The second-order valence-corrected chi connectivity index (χ2v) is 11.2. The normalized spacial score (nSPS) is 15.8. The molecule has 0 saturated heterocycles. The van der Waals surface area contributed by atoms with Crippen molar-refractivity contribution < 1.29 is 4.57 Å². The van der Waals surface area contributed by atoms with E-state index < -0.39 is 7.14 Å². The summed E-state index contributed by atoms with van der Waals surface area (Å²) in [6.07, 6.45) is 6.74. The van der Waals surface area contributed by atoms with Crippen LogP contribution in [0.15, 0.2) is 36.5 Å². The molecular formula is C21H23ClN5OP. The van der Waals surface area contributed by atoms with Crippen LogP contribution in [0.5, 0.6) is 0 Å². The van der Waals surface area contributed by atoms with Gasteiger partial charge >= 0.3 is 0 Å². The maximum absolute atomic E-state index is 12.6. The number of para-hydroxylation sites is 1. The van der Waals surface area contributed by atoms with Crippen LogP contribution >= 0.6 is 18.7 Å². The third kappa shape index (κ3) is 4.39. The van der Waals surface area contributed by atoms with Crippen molar-refractivity contribution in [1.82, 2.24) is 15.0 Å². The van der Waals surface area contributed by atoms with Crippen molar-refractivity contribution in [3.05, 3.63) is 57.8 Å². The number of hydrogen-bond acceptors (Lipinski definition) is 5. The van der Waals surface area contributed by atoms with Gasteiger partial charge in [0.2, 0.25) is 5.95 Å². The van der Waals surface area contributed by atoms with Gasteiger partial charge in [0.25, 0.3) is 0 Å². The number of fused-ring (bicyclic) bond motifs is 1. The van der Waals surface area contributed by atoms with Gasteiger partial charge in [-0.1, -0.05) is 35.9 Å². The highest BCUT2D eigenvalue weighted by molar-refractivity contribution is 7.70. The number of anilines is 3. The van der Waals surface area contributed by atoms with Crippen molar-refractivity contribution in [2.75, 3.05) is 24.0 Å². The lowest BCUT2D eigenvalue weighted by Crippen LogP contribution is -2.32. The van der Waals surface area contributed by atoms with E-state index in [0.29, 0.717) is 16.8 Å². The molecule has 3 N–H and O–H groups in total. The number of benzene rings is 1. The lowest BCUT2D eigenvalue weighted by atomic mass is 10.1. The Morgan fingerprint density at radius 2 is 2.07 bits per heavy atom. The Bertz CT molecular complexity index is 1230. The Morgan fingerprint density at radius 1 is 1.28 bits per heavy atom. The molecule has 0 fully saturated rings. The number of nitrogens with one attached hydrogen (secondary N) is 3. The number of halogens is 1. The molecule has 2 heterocycles. The fraction of sp³-hybridized carbons (Fsp3) is 0.238. The largest absolute Gasteiger partial charge is 0.359 e. The highest BCUT2D eigenvalue weighted by Crippen LogP contribution is 2.38. The van der Waals surface area contributed by atoms with Gasteiger partial charge in [-0.15, -0.1) is 0 Å². The van der Waals surface area contributed by atoms with Crippen LogP contribution < -0.4 is 26.5 Å². The first kappa shape index (κ1) is 19.7. The number of rotatable bonds is 5. The van der Waals surface area contributed by atoms with E-state index in [1.807, 2.05) is 31.2 Å². The quantitative estimate of drug-likeness (QED) is 0.545. The molecular weight excluding hydrogens is 405 g/mol. The van der Waals surface area contributed by atoms with Crippen molar-refractivity contribution in [3.8, 4) is 0 Å². The molecule has 1 aliphatic carbocycles. The predicted molar refractivity (Wildman–Crippen MR) is 122 cm³/mol. The standard InChI is InChI=1S/C21H23ClN5OP/c1-13-10-14-11-15(8-9-17(14)24-13)25-21-23-12-16(22)20(27-21)26-18-6-4-5-7-19(18)29(2,3)28/h4-7,9-12,15,24H,8H2,1-3H3,(H2,23,25,26,27). The van der Waals surface area contributed by atoms with Gasteiger partial charge in [0.05, 0.1) is 17.9 Å². The van der Waals surface area contributed by atoms with Gasteiger partial charge in [-0.25, -0.2) is 4.98 Å². The van der Waals surface area contributed by atoms with E-state index in [2.05, 4.69) is 43.8 Å². The lowest BCUT2D eigenvalue weighted by molar-refractivity contribution is 0.588. The molecule has 4 rings (SSSR count). The zero-order valence-corrected chi connectivity index (χ0v) is 18.2. The van der Waals surface area contributed by atoms with E-state index in [4.69, 9.17) is 11.6 Å². The Kier molecular flexibility index (Phi) is 5.24. The van der Waals surface area contributed by atoms with Crippen LogP contribution in [0.25, 0.3) is 12.2 Å². The molecule has 6 nitrogen and oxygen atoms in total. The summed E-state index contributed by atoms with van der Waals surface area (Å²) in [5, 5.41) is 10.1. The lowest BCUT2D eigenvalue weighted by Gasteiger charge is -2.17. The summed E-state index contributed by atoms with van der Waals surface area (Å²) in [6.45, 7) is 5.54. The van der Waals surface area contributed by atoms with E-state index in [1.54, 1.807) is 19.5 Å². The smallest absolute Gasteiger partial charge is 0.225 e. The van der Waals surface area contributed by atoms with Crippen LogP contribution in [0.3, 0.4) is 0 Å². The van der Waals surface area contributed by atoms with Gasteiger partial charge in [-0.05, 0) is 50.1 Å². The van der Waals surface area contributed by atoms with Gasteiger partial charge in [0, 0.05) is 16.3 Å². The number of aryl methyl sites for hydroxylation is 1. The Labute approximate surface area is 174 Å². The number of nitrogens with zero attached hydrogens (tertiary/aromatic N) is 2. The maximum atomic E-state index is 12.6. The van der Waals surface area contributed by atoms with Crippen LogP contribution in [0.1, 0.15) is 12.1 Å². The third-order valence-corrected chi connectivity index (χ3v) is 6.59. The highest BCUT2D eigenvalue weighted by Gasteiger charge is 2.17. The Balaban J connectivity index is 1.59. The average molecular weight is 428 g/mol. The molecule has 1 atom stereocenters. The molecule has 1 unspecified atom stereocenters. The van der Waals surface area contributed by atoms with E-state index >= 15 is 0 Å². The third-order valence-electron chi connectivity index (χ3n) is 4.77. The minimum absolute atomic E-state index is 0.0884. The van der Waals surface area contributed by atoms with E-state index in [0.717, 1.165) is 28.5 Å². The van der Waals surface area contributed by atoms with Gasteiger partial charge in [0.15, 0.2) is 5.82 Å². The van der Waals surface area contributed by atoms with E-state index in [1.165, 1.54) is 5.22 Å². The molecule has 0 radical (unpaired) electrons. The maximum Gasteiger partial charge on any atom is 0.225 e. The first-order chi connectivity index (χ1) is 13.8. The predicted octanol–water partition coefficient (Wildman–Crippen LogP) is 3.20. The highest BCUT2D eigenvalue weighted by atomic mass is 35.5. The van der Waals surface area contributed by atoms with Crippen molar-refractivity contribution >= 4 is 53.7 Å². The summed E-state index contributed by atoms with van der Waals surface area (Å²) < 4.78 is 12.6. The molecule has 2 aromatic heterocycles. The zero-order valence-electron chi connectivity index (χ0n) is 16.5. The number of hydrogen-bond donors (Lipinski definition) is 3. The van der Waals surface area contributed by atoms with Crippen molar-refractivity contribution in [3.63, 3.8) is 0 Å². The van der Waals surface area contributed by atoms with Gasteiger partial charge < -0.3 is 20.2 Å². The van der Waals surface area contributed by atoms with Crippen LogP contribution in [0.2, 0.25) is 5.02 Å². The van der Waals surface area contributed by atoms with E-state index in [9.17, 15) is 4.57 Å². The molecule has 0 aliphatic heterocycles. The Hall–Kier alpha value is -2.56. The summed E-state index contributed by atoms with van der Waals surface area (Å²) in [7, 11) is -2.45. The molecule has 3 aromatic rings. The second kappa shape index (κ2) is 7.69. The first-order valence-electron chi connectivity index (χ1n) is 9.38. The van der Waals surface area contributed by atoms with Crippen LogP contribution in [0.4, 0.5) is 17.5 Å². The molecule has 150 valence electrons. The summed E-state index contributed by atoms with van der Waals surface area (Å²) in [6, 6.07) is 9.71. The number of aromatic nitrogens is 3. The number of aromatic amines is 1. The fourth-order valence-electron chi connectivity index (χ4n) is 3.44. The fourth-order valence-corrected chi connectivity index (χ4v) is 4.73. The summed E-state index contributed by atoms with van der Waals surface area (Å²) >= 11 is 6.32. The monoisotopic (exact) mass is 427 g/mol. The SMILES string of the molecule is Cc1cc2c([nH]1)=CCC(Nc1ncc(Cl)c(Nc3ccccc3P(C)(C)=O)n1)C=2. The Morgan fingerprint density at radius 3 is 2.86 bits per heavy atom. The van der Waals surface area contributed by atoms with Crippen molar-refractivity contribution in [1.29, 1.82) is 0 Å². The summed E-state index contributed by atoms with van der Waals surface area (Å²) in [5.41, 5.74) is 1.87. The average Bonchev–Trinajstić information content (AvgIpc) is 3.03. The van der Waals surface area contributed by atoms with Gasteiger partial charge in [-0.2, -0.15) is 4.98 Å². The summed E-state index contributed by atoms with van der Waals surface area (Å²) in [5.74, 6) is 0.957. The second-order valence-electron chi connectivity index (χ2n) is 7.56. The topological polar surface area (TPSA) is 82.7 Å².